The number of nitrogens with zero attached hydrogens (tertiary/aromatic N) is 2. The Morgan fingerprint density at radius 2 is 1.77 bits per heavy atom. The molecular formula is C30H42N2O3. The van der Waals surface area contributed by atoms with Crippen molar-refractivity contribution in [3.63, 3.8) is 0 Å². The molecule has 1 aliphatic carbocycles. The van der Waals surface area contributed by atoms with Crippen LogP contribution in [0.4, 0.5) is 4.79 Å². The van der Waals surface area contributed by atoms with Crippen LogP contribution in [0.1, 0.15) is 63.1 Å². The lowest BCUT2D eigenvalue weighted by Crippen LogP contribution is -2.48. The second-order valence-electron chi connectivity index (χ2n) is 11.2. The van der Waals surface area contributed by atoms with Crippen LogP contribution >= 0.6 is 0 Å². The molecule has 5 nitrogen and oxygen atoms in total. The van der Waals surface area contributed by atoms with Gasteiger partial charge in [0, 0.05) is 19.1 Å². The summed E-state index contributed by atoms with van der Waals surface area (Å²) in [5, 5.41) is 0. The molecule has 2 aromatic carbocycles. The van der Waals surface area contributed by atoms with E-state index in [1.807, 2.05) is 26.8 Å². The van der Waals surface area contributed by atoms with Gasteiger partial charge in [0.15, 0.2) is 0 Å². The van der Waals surface area contributed by atoms with Crippen molar-refractivity contribution in [3.05, 3.63) is 65.2 Å². The van der Waals surface area contributed by atoms with Crippen LogP contribution in [0.15, 0.2) is 48.5 Å². The number of aryl methyl sites for hydroxylation is 1. The van der Waals surface area contributed by atoms with E-state index in [4.69, 9.17) is 9.47 Å². The monoisotopic (exact) mass is 478 g/mol. The summed E-state index contributed by atoms with van der Waals surface area (Å²) in [5.41, 5.74) is 3.55. The molecule has 2 aliphatic rings. The van der Waals surface area contributed by atoms with E-state index >= 15 is 0 Å². The van der Waals surface area contributed by atoms with Crippen molar-refractivity contribution in [1.82, 2.24) is 9.80 Å². The molecule has 5 heteroatoms. The lowest BCUT2D eigenvalue weighted by molar-refractivity contribution is 0.00826. The number of hydrogen-bond donors (Lipinski definition) is 0. The molecule has 0 N–H and O–H groups in total. The number of likely N-dealkylation sites (tertiary alicyclic amines) is 1. The topological polar surface area (TPSA) is 42.0 Å². The lowest BCUT2D eigenvalue weighted by Gasteiger charge is -2.38. The van der Waals surface area contributed by atoms with Gasteiger partial charge in [0.1, 0.15) is 11.4 Å². The van der Waals surface area contributed by atoms with Crippen LogP contribution in [-0.2, 0) is 24.1 Å². The van der Waals surface area contributed by atoms with E-state index in [9.17, 15) is 4.79 Å². The summed E-state index contributed by atoms with van der Waals surface area (Å²) in [4.78, 5) is 18.1. The number of hydrogen-bond acceptors (Lipinski definition) is 4. The molecule has 0 radical (unpaired) electrons. The van der Waals surface area contributed by atoms with Crippen LogP contribution in [0.5, 0.6) is 5.75 Å². The van der Waals surface area contributed by atoms with E-state index in [-0.39, 0.29) is 12.1 Å². The summed E-state index contributed by atoms with van der Waals surface area (Å²) in [6.07, 6.45) is 6.06. The van der Waals surface area contributed by atoms with E-state index in [1.165, 1.54) is 16.7 Å². The fourth-order valence-electron chi connectivity index (χ4n) is 5.45. The normalized spacial score (nSPS) is 19.5. The Hall–Kier alpha value is -2.53. The summed E-state index contributed by atoms with van der Waals surface area (Å²) < 4.78 is 11.4. The number of fused-ring (bicyclic) bond motifs is 1. The zero-order chi connectivity index (χ0) is 24.8. The fraction of sp³-hybridized carbons (Fsp3) is 0.567. The Bertz CT molecular complexity index is 961. The molecule has 190 valence electrons. The maximum atomic E-state index is 13.5. The van der Waals surface area contributed by atoms with Gasteiger partial charge >= 0.3 is 6.09 Å². The second-order valence-corrected chi connectivity index (χ2v) is 11.2. The first-order valence-electron chi connectivity index (χ1n) is 13.2. The molecule has 0 aromatic heterocycles. The van der Waals surface area contributed by atoms with Gasteiger partial charge in [0.2, 0.25) is 0 Å². The Morgan fingerprint density at radius 1 is 1.03 bits per heavy atom. The summed E-state index contributed by atoms with van der Waals surface area (Å²) in [7, 11) is 1.72. The first-order valence-corrected chi connectivity index (χ1v) is 13.2. The molecular weight excluding hydrogens is 436 g/mol. The van der Waals surface area contributed by atoms with E-state index in [2.05, 4.69) is 52.3 Å². The van der Waals surface area contributed by atoms with Crippen LogP contribution in [-0.4, -0.2) is 54.3 Å². The third kappa shape index (κ3) is 7.23. The van der Waals surface area contributed by atoms with Crippen LogP contribution in [0.25, 0.3) is 0 Å². The van der Waals surface area contributed by atoms with Crippen molar-refractivity contribution >= 4 is 6.09 Å². The smallest absolute Gasteiger partial charge is 0.410 e. The lowest BCUT2D eigenvalue weighted by atomic mass is 9.94. The van der Waals surface area contributed by atoms with E-state index < -0.39 is 5.60 Å². The predicted molar refractivity (Wildman–Crippen MR) is 141 cm³/mol. The first kappa shape index (κ1) is 25.6. The maximum Gasteiger partial charge on any atom is 0.410 e. The SMILES string of the molecule is COc1ccc2c(c1)CC(N(CC1CCN(Cc3ccccc3)CC1)C(=O)OC(C)(C)C)CCC2. The number of piperidine rings is 1. The fourth-order valence-corrected chi connectivity index (χ4v) is 5.45. The van der Waals surface area contributed by atoms with E-state index in [0.29, 0.717) is 5.92 Å². The molecule has 2 aromatic rings. The molecule has 1 heterocycles. The van der Waals surface area contributed by atoms with Crippen LogP contribution in [0.2, 0.25) is 0 Å². The van der Waals surface area contributed by atoms with Crippen molar-refractivity contribution in [2.45, 2.75) is 77.5 Å². The van der Waals surface area contributed by atoms with Gasteiger partial charge in [-0.05, 0) is 107 Å². The summed E-state index contributed by atoms with van der Waals surface area (Å²) >= 11 is 0. The quantitative estimate of drug-likeness (QED) is 0.471. The third-order valence-electron chi connectivity index (χ3n) is 7.33. The highest BCUT2D eigenvalue weighted by molar-refractivity contribution is 5.68. The number of methoxy groups -OCH3 is 1. The second kappa shape index (κ2) is 11.5. The molecule has 0 bridgehead atoms. The van der Waals surface area contributed by atoms with Crippen LogP contribution in [0.3, 0.4) is 0 Å². The molecule has 1 aliphatic heterocycles. The zero-order valence-corrected chi connectivity index (χ0v) is 22.0. The Balaban J connectivity index is 1.44. The Morgan fingerprint density at radius 3 is 2.46 bits per heavy atom. The highest BCUT2D eigenvalue weighted by Crippen LogP contribution is 2.30. The van der Waals surface area contributed by atoms with Gasteiger partial charge in [-0.25, -0.2) is 4.79 Å². The highest BCUT2D eigenvalue weighted by Gasteiger charge is 2.33. The summed E-state index contributed by atoms with van der Waals surface area (Å²) in [6.45, 7) is 9.80. The minimum absolute atomic E-state index is 0.153. The zero-order valence-electron chi connectivity index (χ0n) is 22.0. The van der Waals surface area contributed by atoms with Gasteiger partial charge in [-0.2, -0.15) is 0 Å². The van der Waals surface area contributed by atoms with Gasteiger partial charge in [-0.15, -0.1) is 0 Å². The number of benzene rings is 2. The van der Waals surface area contributed by atoms with Gasteiger partial charge in [-0.3, -0.25) is 4.90 Å². The predicted octanol–water partition coefficient (Wildman–Crippen LogP) is 6.09. The van der Waals surface area contributed by atoms with Crippen molar-refractivity contribution < 1.29 is 14.3 Å². The molecule has 1 amide bonds. The number of carbonyl (C=O) groups excluding carboxylic acids is 1. The van der Waals surface area contributed by atoms with Gasteiger partial charge in [0.25, 0.3) is 0 Å². The standard InChI is InChI=1S/C30H42N2O3/c1-30(2,3)35-29(33)32(27-12-8-11-25-13-14-28(34-4)20-26(25)19-27)22-24-15-17-31(18-16-24)21-23-9-6-5-7-10-23/h5-7,9-10,13-14,20,24,27H,8,11-12,15-19,21-22H2,1-4H3. The largest absolute Gasteiger partial charge is 0.497 e. The molecule has 1 unspecified atom stereocenters. The van der Waals surface area contributed by atoms with Gasteiger partial charge in [0.05, 0.1) is 7.11 Å². The molecule has 0 spiro atoms. The molecule has 4 rings (SSSR count). The first-order chi connectivity index (χ1) is 16.8. The van der Waals surface area contributed by atoms with E-state index in [1.54, 1.807) is 7.11 Å². The Labute approximate surface area is 211 Å². The van der Waals surface area contributed by atoms with Crippen molar-refractivity contribution in [3.8, 4) is 5.75 Å². The summed E-state index contributed by atoms with van der Waals surface area (Å²) in [5.74, 6) is 1.39. The molecule has 1 saturated heterocycles. The summed E-state index contributed by atoms with van der Waals surface area (Å²) in [6, 6.07) is 17.3. The maximum absolute atomic E-state index is 13.5. The van der Waals surface area contributed by atoms with Crippen LogP contribution in [0, 0.1) is 5.92 Å². The highest BCUT2D eigenvalue weighted by atomic mass is 16.6. The Kier molecular flexibility index (Phi) is 8.38. The number of carbonyl (C=O) groups is 1. The molecule has 1 atom stereocenters. The van der Waals surface area contributed by atoms with Gasteiger partial charge < -0.3 is 14.4 Å². The third-order valence-corrected chi connectivity index (χ3v) is 7.33. The molecule has 0 saturated carbocycles. The van der Waals surface area contributed by atoms with Crippen LogP contribution < -0.4 is 4.74 Å². The minimum atomic E-state index is -0.500. The molecule has 1 fully saturated rings. The van der Waals surface area contributed by atoms with Crippen molar-refractivity contribution in [1.29, 1.82) is 0 Å². The van der Waals surface area contributed by atoms with Crippen molar-refractivity contribution in [2.24, 2.45) is 5.92 Å². The number of rotatable bonds is 6. The van der Waals surface area contributed by atoms with Gasteiger partial charge in [-0.1, -0.05) is 36.4 Å². The average Bonchev–Trinajstić information content (AvgIpc) is 3.04. The minimum Gasteiger partial charge on any atom is -0.497 e. The van der Waals surface area contributed by atoms with Crippen molar-refractivity contribution in [2.75, 3.05) is 26.7 Å². The average molecular weight is 479 g/mol. The number of amides is 1. The number of ether oxygens (including phenoxy) is 2. The van der Waals surface area contributed by atoms with E-state index in [0.717, 1.165) is 70.5 Å². The molecule has 35 heavy (non-hydrogen) atoms.